The predicted octanol–water partition coefficient (Wildman–Crippen LogP) is 4.34. The van der Waals surface area contributed by atoms with Gasteiger partial charge in [0.1, 0.15) is 5.75 Å². The van der Waals surface area contributed by atoms with Crippen LogP contribution in [0.1, 0.15) is 5.56 Å². The lowest BCUT2D eigenvalue weighted by atomic mass is 10.2. The van der Waals surface area contributed by atoms with Gasteiger partial charge in [-0.1, -0.05) is 23.4 Å². The van der Waals surface area contributed by atoms with Gasteiger partial charge in [0.25, 0.3) is 5.69 Å². The molecule has 0 aliphatic rings. The first-order valence-corrected chi connectivity index (χ1v) is 8.95. The fourth-order valence-corrected chi connectivity index (χ4v) is 3.44. The third-order valence-corrected chi connectivity index (χ3v) is 5.09. The first kappa shape index (κ1) is 18.2. The summed E-state index contributed by atoms with van der Waals surface area (Å²) in [6.07, 6.45) is 0. The Bertz CT molecular complexity index is 944. The summed E-state index contributed by atoms with van der Waals surface area (Å²) in [5.41, 5.74) is 1.66. The second-order valence-electron chi connectivity index (χ2n) is 5.41. The average Bonchev–Trinajstić information content (AvgIpc) is 3.01. The number of benzene rings is 2. The molecule has 26 heavy (non-hydrogen) atoms. The van der Waals surface area contributed by atoms with Crippen LogP contribution in [0.2, 0.25) is 5.02 Å². The van der Waals surface area contributed by atoms with Crippen molar-refractivity contribution in [2.24, 2.45) is 7.05 Å². The van der Waals surface area contributed by atoms with E-state index < -0.39 is 4.92 Å². The van der Waals surface area contributed by atoms with Crippen molar-refractivity contribution in [1.29, 1.82) is 0 Å². The highest BCUT2D eigenvalue weighted by molar-refractivity contribution is 7.98. The van der Waals surface area contributed by atoms with E-state index in [1.165, 1.54) is 31.0 Å². The molecule has 0 aliphatic carbocycles. The van der Waals surface area contributed by atoms with Crippen LogP contribution in [0.25, 0.3) is 11.4 Å². The van der Waals surface area contributed by atoms with Crippen LogP contribution >= 0.6 is 23.4 Å². The summed E-state index contributed by atoms with van der Waals surface area (Å²) < 4.78 is 7.17. The highest BCUT2D eigenvalue weighted by Crippen LogP contribution is 2.31. The number of halogens is 1. The standard InChI is InChI=1S/C17H15ClN4O3S/c1-21-16(11-3-5-13(18)6-4-11)19-20-17(21)26-10-12-9-14(22(23)24)7-8-15(12)25-2/h3-9H,10H2,1-2H3. The Labute approximate surface area is 159 Å². The van der Waals surface area contributed by atoms with Gasteiger partial charge >= 0.3 is 0 Å². The molecule has 3 rings (SSSR count). The van der Waals surface area contributed by atoms with Gasteiger partial charge in [0, 0.05) is 41.1 Å². The summed E-state index contributed by atoms with van der Waals surface area (Å²) in [7, 11) is 3.41. The van der Waals surface area contributed by atoms with Crippen LogP contribution in [-0.2, 0) is 12.8 Å². The second-order valence-corrected chi connectivity index (χ2v) is 6.79. The molecule has 7 nitrogen and oxygen atoms in total. The second kappa shape index (κ2) is 7.76. The Balaban J connectivity index is 1.82. The van der Waals surface area contributed by atoms with Crippen molar-refractivity contribution in [3.05, 3.63) is 63.2 Å². The van der Waals surface area contributed by atoms with Gasteiger partial charge < -0.3 is 9.30 Å². The maximum atomic E-state index is 11.0. The van der Waals surface area contributed by atoms with Crippen molar-refractivity contribution < 1.29 is 9.66 Å². The molecule has 0 saturated carbocycles. The highest BCUT2D eigenvalue weighted by atomic mass is 35.5. The highest BCUT2D eigenvalue weighted by Gasteiger charge is 2.15. The number of rotatable bonds is 6. The number of nitrogens with zero attached hydrogens (tertiary/aromatic N) is 4. The molecule has 0 saturated heterocycles. The minimum atomic E-state index is -0.422. The Morgan fingerprint density at radius 3 is 2.62 bits per heavy atom. The molecular weight excluding hydrogens is 376 g/mol. The zero-order valence-corrected chi connectivity index (χ0v) is 15.6. The van der Waals surface area contributed by atoms with E-state index in [0.717, 1.165) is 17.0 Å². The number of nitro groups is 1. The van der Waals surface area contributed by atoms with Gasteiger partial charge in [-0.25, -0.2) is 0 Å². The zero-order valence-electron chi connectivity index (χ0n) is 14.0. The first-order chi connectivity index (χ1) is 12.5. The zero-order chi connectivity index (χ0) is 18.7. The van der Waals surface area contributed by atoms with E-state index in [0.29, 0.717) is 21.7 Å². The molecule has 0 radical (unpaired) electrons. The SMILES string of the molecule is COc1ccc([N+](=O)[O-])cc1CSc1nnc(-c2ccc(Cl)cc2)n1C. The summed E-state index contributed by atoms with van der Waals surface area (Å²) in [5.74, 6) is 1.79. The molecule has 0 N–H and O–H groups in total. The fraction of sp³-hybridized carbons (Fsp3) is 0.176. The molecule has 2 aromatic carbocycles. The monoisotopic (exact) mass is 390 g/mol. The Kier molecular flexibility index (Phi) is 5.43. The van der Waals surface area contributed by atoms with Crippen molar-refractivity contribution >= 4 is 29.1 Å². The Hall–Kier alpha value is -2.58. The molecule has 0 bridgehead atoms. The number of methoxy groups -OCH3 is 1. The fourth-order valence-electron chi connectivity index (χ4n) is 2.42. The van der Waals surface area contributed by atoms with Gasteiger partial charge in [-0.15, -0.1) is 10.2 Å². The van der Waals surface area contributed by atoms with Crippen LogP contribution in [0.4, 0.5) is 5.69 Å². The maximum absolute atomic E-state index is 11.0. The van der Waals surface area contributed by atoms with Crippen LogP contribution in [0.5, 0.6) is 5.75 Å². The number of nitro benzene ring substituents is 1. The van der Waals surface area contributed by atoms with E-state index >= 15 is 0 Å². The molecule has 0 amide bonds. The van der Waals surface area contributed by atoms with E-state index in [1.54, 1.807) is 18.2 Å². The van der Waals surface area contributed by atoms with E-state index in [4.69, 9.17) is 16.3 Å². The molecule has 9 heteroatoms. The van der Waals surface area contributed by atoms with Crippen LogP contribution in [0.3, 0.4) is 0 Å². The molecule has 1 heterocycles. The lowest BCUT2D eigenvalue weighted by Gasteiger charge is -2.08. The molecular formula is C17H15ClN4O3S. The quantitative estimate of drug-likeness (QED) is 0.353. The van der Waals surface area contributed by atoms with Crippen molar-refractivity contribution in [2.45, 2.75) is 10.9 Å². The molecule has 3 aromatic rings. The molecule has 134 valence electrons. The smallest absolute Gasteiger partial charge is 0.270 e. The van der Waals surface area contributed by atoms with Crippen molar-refractivity contribution in [3.63, 3.8) is 0 Å². The molecule has 0 atom stereocenters. The van der Waals surface area contributed by atoms with Gasteiger partial charge in [-0.3, -0.25) is 10.1 Å². The summed E-state index contributed by atoms with van der Waals surface area (Å²) in [5, 5.41) is 20.8. The van der Waals surface area contributed by atoms with Crippen molar-refractivity contribution in [3.8, 4) is 17.1 Å². The van der Waals surface area contributed by atoms with Gasteiger partial charge in [0.2, 0.25) is 0 Å². The number of thioether (sulfide) groups is 1. The van der Waals surface area contributed by atoms with Gasteiger partial charge in [0.15, 0.2) is 11.0 Å². The van der Waals surface area contributed by atoms with Gasteiger partial charge in [0.05, 0.1) is 12.0 Å². The van der Waals surface area contributed by atoms with Crippen molar-refractivity contribution in [1.82, 2.24) is 14.8 Å². The minimum Gasteiger partial charge on any atom is -0.496 e. The molecule has 0 fully saturated rings. The van der Waals surface area contributed by atoms with E-state index in [9.17, 15) is 10.1 Å². The number of aromatic nitrogens is 3. The van der Waals surface area contributed by atoms with Crippen LogP contribution in [-0.4, -0.2) is 26.8 Å². The molecule has 0 unspecified atom stereocenters. The summed E-state index contributed by atoms with van der Waals surface area (Å²) in [4.78, 5) is 10.6. The number of non-ortho nitro benzene ring substituents is 1. The van der Waals surface area contributed by atoms with Gasteiger partial charge in [-0.05, 0) is 30.3 Å². The normalized spacial score (nSPS) is 10.7. The molecule has 1 aromatic heterocycles. The third kappa shape index (κ3) is 3.81. The van der Waals surface area contributed by atoms with E-state index in [-0.39, 0.29) is 5.69 Å². The first-order valence-electron chi connectivity index (χ1n) is 7.59. The number of hydrogen-bond donors (Lipinski definition) is 0. The molecule has 0 aliphatic heterocycles. The van der Waals surface area contributed by atoms with Crippen LogP contribution in [0.15, 0.2) is 47.6 Å². The van der Waals surface area contributed by atoms with Crippen molar-refractivity contribution in [2.75, 3.05) is 7.11 Å². The lowest BCUT2D eigenvalue weighted by Crippen LogP contribution is -1.97. The maximum Gasteiger partial charge on any atom is 0.270 e. The predicted molar refractivity (Wildman–Crippen MR) is 101 cm³/mol. The number of hydrogen-bond acceptors (Lipinski definition) is 6. The topological polar surface area (TPSA) is 83.1 Å². The summed E-state index contributed by atoms with van der Waals surface area (Å²) in [6, 6.07) is 11.9. The summed E-state index contributed by atoms with van der Waals surface area (Å²) in [6.45, 7) is 0. The number of ether oxygens (including phenoxy) is 1. The summed E-state index contributed by atoms with van der Waals surface area (Å²) >= 11 is 7.35. The van der Waals surface area contributed by atoms with E-state index in [1.807, 2.05) is 23.7 Å². The lowest BCUT2D eigenvalue weighted by molar-refractivity contribution is -0.384. The van der Waals surface area contributed by atoms with E-state index in [2.05, 4.69) is 10.2 Å². The molecule has 0 spiro atoms. The Morgan fingerprint density at radius 2 is 1.96 bits per heavy atom. The Morgan fingerprint density at radius 1 is 1.23 bits per heavy atom. The van der Waals surface area contributed by atoms with Gasteiger partial charge in [-0.2, -0.15) is 0 Å². The average molecular weight is 391 g/mol. The third-order valence-electron chi connectivity index (χ3n) is 3.77. The van der Waals surface area contributed by atoms with Crippen LogP contribution < -0.4 is 4.74 Å². The minimum absolute atomic E-state index is 0.0289. The largest absolute Gasteiger partial charge is 0.496 e. The van der Waals surface area contributed by atoms with Crippen LogP contribution in [0, 0.1) is 10.1 Å².